The molecule has 1 aliphatic heterocycles. The van der Waals surface area contributed by atoms with Crippen molar-refractivity contribution < 1.29 is 4.74 Å². The van der Waals surface area contributed by atoms with Gasteiger partial charge in [0.05, 0.1) is 11.8 Å². The first-order valence-corrected chi connectivity index (χ1v) is 7.19. The van der Waals surface area contributed by atoms with Gasteiger partial charge in [0.15, 0.2) is 0 Å². The summed E-state index contributed by atoms with van der Waals surface area (Å²) in [6.07, 6.45) is 8.51. The summed E-state index contributed by atoms with van der Waals surface area (Å²) in [5, 5.41) is 3.42. The van der Waals surface area contributed by atoms with Gasteiger partial charge < -0.3 is 14.6 Å². The molecule has 2 rings (SSSR count). The van der Waals surface area contributed by atoms with Crippen molar-refractivity contribution in [3.05, 3.63) is 11.9 Å². The van der Waals surface area contributed by atoms with Gasteiger partial charge in [0, 0.05) is 25.9 Å². The van der Waals surface area contributed by atoms with Crippen molar-refractivity contribution in [3.8, 4) is 0 Å². The van der Waals surface area contributed by atoms with Crippen LogP contribution in [0.3, 0.4) is 0 Å². The largest absolute Gasteiger partial charge is 0.378 e. The number of aromatic nitrogens is 2. The van der Waals surface area contributed by atoms with Crippen LogP contribution in [0.15, 0.2) is 6.20 Å². The summed E-state index contributed by atoms with van der Waals surface area (Å²) >= 11 is 0. The first-order valence-electron chi connectivity index (χ1n) is 7.19. The molecule has 0 bridgehead atoms. The lowest BCUT2D eigenvalue weighted by Crippen LogP contribution is -2.13. The minimum Gasteiger partial charge on any atom is -0.378 e. The van der Waals surface area contributed by atoms with Crippen LogP contribution in [0.2, 0.25) is 0 Å². The van der Waals surface area contributed by atoms with Crippen molar-refractivity contribution in [2.24, 2.45) is 0 Å². The van der Waals surface area contributed by atoms with Gasteiger partial charge >= 0.3 is 0 Å². The molecule has 1 aromatic rings. The number of imidazole rings is 1. The fraction of sp³-hybridized carbons (Fsp3) is 0.786. The predicted octanol–water partition coefficient (Wildman–Crippen LogP) is 2.97. The number of anilines is 1. The summed E-state index contributed by atoms with van der Waals surface area (Å²) in [6.45, 7) is 7.20. The Bertz CT molecular complexity index is 356. The van der Waals surface area contributed by atoms with Crippen LogP contribution in [0, 0.1) is 6.92 Å². The smallest absolute Gasteiger partial charge is 0.203 e. The molecule has 0 saturated carbocycles. The number of hydrogen-bond acceptors (Lipinski definition) is 3. The minimum atomic E-state index is 0.455. The third-order valence-corrected chi connectivity index (χ3v) is 3.43. The van der Waals surface area contributed by atoms with E-state index in [-0.39, 0.29) is 0 Å². The Kier molecular flexibility index (Phi) is 5.05. The van der Waals surface area contributed by atoms with Gasteiger partial charge in [0.2, 0.25) is 5.95 Å². The zero-order chi connectivity index (χ0) is 12.8. The van der Waals surface area contributed by atoms with Crippen LogP contribution in [-0.4, -0.2) is 28.8 Å². The molecule has 1 unspecified atom stereocenters. The standard InChI is InChI=1S/C14H25N3O/c1-3-4-8-15-14-16-12(2)11-17(14)9-7-13-6-5-10-18-13/h11,13H,3-10H2,1-2H3,(H,15,16). The Labute approximate surface area is 110 Å². The van der Waals surface area contributed by atoms with Crippen molar-refractivity contribution in [1.82, 2.24) is 9.55 Å². The van der Waals surface area contributed by atoms with E-state index in [0.717, 1.165) is 37.8 Å². The molecule has 2 heterocycles. The average molecular weight is 251 g/mol. The number of nitrogens with zero attached hydrogens (tertiary/aromatic N) is 2. The second-order valence-corrected chi connectivity index (χ2v) is 5.10. The summed E-state index contributed by atoms with van der Waals surface area (Å²) in [4.78, 5) is 4.54. The molecule has 1 aromatic heterocycles. The molecule has 1 saturated heterocycles. The van der Waals surface area contributed by atoms with Gasteiger partial charge in [0.1, 0.15) is 0 Å². The lowest BCUT2D eigenvalue weighted by atomic mass is 10.2. The molecule has 0 spiro atoms. The maximum atomic E-state index is 5.67. The van der Waals surface area contributed by atoms with E-state index in [1.54, 1.807) is 0 Å². The Morgan fingerprint density at radius 3 is 3.17 bits per heavy atom. The zero-order valence-corrected chi connectivity index (χ0v) is 11.6. The Morgan fingerprint density at radius 2 is 2.44 bits per heavy atom. The molecule has 0 radical (unpaired) electrons. The number of aryl methyl sites for hydroxylation is 2. The maximum Gasteiger partial charge on any atom is 0.203 e. The topological polar surface area (TPSA) is 39.1 Å². The Balaban J connectivity index is 1.85. The van der Waals surface area contributed by atoms with Crippen LogP contribution in [0.1, 0.15) is 44.7 Å². The van der Waals surface area contributed by atoms with Crippen LogP contribution in [0.4, 0.5) is 5.95 Å². The van der Waals surface area contributed by atoms with E-state index in [4.69, 9.17) is 4.74 Å². The Morgan fingerprint density at radius 1 is 1.56 bits per heavy atom. The van der Waals surface area contributed by atoms with Crippen LogP contribution < -0.4 is 5.32 Å². The second kappa shape index (κ2) is 6.78. The number of hydrogen-bond donors (Lipinski definition) is 1. The van der Waals surface area contributed by atoms with E-state index in [1.807, 2.05) is 6.92 Å². The molecule has 18 heavy (non-hydrogen) atoms. The third-order valence-electron chi connectivity index (χ3n) is 3.43. The quantitative estimate of drug-likeness (QED) is 0.757. The highest BCUT2D eigenvalue weighted by molar-refractivity contribution is 5.28. The highest BCUT2D eigenvalue weighted by Gasteiger charge is 2.16. The lowest BCUT2D eigenvalue weighted by molar-refractivity contribution is 0.100. The molecule has 1 fully saturated rings. The SMILES string of the molecule is CCCCNc1nc(C)cn1CCC1CCCO1. The first kappa shape index (κ1) is 13.4. The van der Waals surface area contributed by atoms with Gasteiger partial charge in [-0.2, -0.15) is 0 Å². The van der Waals surface area contributed by atoms with E-state index in [9.17, 15) is 0 Å². The van der Waals surface area contributed by atoms with Gasteiger partial charge in [-0.05, 0) is 32.6 Å². The molecule has 0 aliphatic carbocycles. The molecule has 0 amide bonds. The fourth-order valence-corrected chi connectivity index (χ4v) is 2.39. The molecule has 102 valence electrons. The van der Waals surface area contributed by atoms with Gasteiger partial charge in [-0.15, -0.1) is 0 Å². The Hall–Kier alpha value is -1.03. The molecular weight excluding hydrogens is 226 g/mol. The highest BCUT2D eigenvalue weighted by Crippen LogP contribution is 2.18. The van der Waals surface area contributed by atoms with Crippen molar-refractivity contribution in [2.45, 2.75) is 58.6 Å². The van der Waals surface area contributed by atoms with E-state index in [1.165, 1.54) is 25.7 Å². The molecule has 1 aliphatic rings. The van der Waals surface area contributed by atoms with E-state index in [2.05, 4.69) is 28.0 Å². The minimum absolute atomic E-state index is 0.455. The molecule has 1 atom stereocenters. The molecule has 1 N–H and O–H groups in total. The van der Waals surface area contributed by atoms with Crippen molar-refractivity contribution in [1.29, 1.82) is 0 Å². The average Bonchev–Trinajstić information content (AvgIpc) is 2.97. The zero-order valence-electron chi connectivity index (χ0n) is 11.6. The van der Waals surface area contributed by atoms with E-state index >= 15 is 0 Å². The van der Waals surface area contributed by atoms with Crippen molar-refractivity contribution in [3.63, 3.8) is 0 Å². The first-order chi connectivity index (χ1) is 8.79. The van der Waals surface area contributed by atoms with E-state index < -0.39 is 0 Å². The van der Waals surface area contributed by atoms with Crippen LogP contribution >= 0.6 is 0 Å². The van der Waals surface area contributed by atoms with Crippen LogP contribution in [0.5, 0.6) is 0 Å². The summed E-state index contributed by atoms with van der Waals surface area (Å²) in [5.41, 5.74) is 1.08. The van der Waals surface area contributed by atoms with Crippen LogP contribution in [-0.2, 0) is 11.3 Å². The van der Waals surface area contributed by atoms with Gasteiger partial charge in [-0.3, -0.25) is 0 Å². The highest BCUT2D eigenvalue weighted by atomic mass is 16.5. The summed E-state index contributed by atoms with van der Waals surface area (Å²) in [7, 11) is 0. The maximum absolute atomic E-state index is 5.67. The number of rotatable bonds is 7. The van der Waals surface area contributed by atoms with Crippen molar-refractivity contribution >= 4 is 5.95 Å². The van der Waals surface area contributed by atoms with Crippen LogP contribution in [0.25, 0.3) is 0 Å². The predicted molar refractivity (Wildman–Crippen MR) is 74.0 cm³/mol. The monoisotopic (exact) mass is 251 g/mol. The van der Waals surface area contributed by atoms with Crippen molar-refractivity contribution in [2.75, 3.05) is 18.5 Å². The number of ether oxygens (including phenoxy) is 1. The number of unbranched alkanes of at least 4 members (excludes halogenated alkanes) is 1. The molecule has 0 aromatic carbocycles. The second-order valence-electron chi connectivity index (χ2n) is 5.10. The summed E-state index contributed by atoms with van der Waals surface area (Å²) in [6, 6.07) is 0. The summed E-state index contributed by atoms with van der Waals surface area (Å²) < 4.78 is 7.89. The molecular formula is C14H25N3O. The van der Waals surface area contributed by atoms with Gasteiger partial charge in [-0.25, -0.2) is 4.98 Å². The third kappa shape index (κ3) is 3.73. The van der Waals surface area contributed by atoms with E-state index in [0.29, 0.717) is 6.10 Å². The molecule has 4 nitrogen and oxygen atoms in total. The normalized spacial score (nSPS) is 19.3. The van der Waals surface area contributed by atoms with Gasteiger partial charge in [-0.1, -0.05) is 13.3 Å². The number of nitrogens with one attached hydrogen (secondary N) is 1. The summed E-state index contributed by atoms with van der Waals surface area (Å²) in [5.74, 6) is 1.01. The lowest BCUT2D eigenvalue weighted by Gasteiger charge is -2.12. The fourth-order valence-electron chi connectivity index (χ4n) is 2.39. The molecule has 4 heteroatoms. The van der Waals surface area contributed by atoms with Gasteiger partial charge in [0.25, 0.3) is 0 Å².